The molecule has 2 aromatic heterocycles. The van der Waals surface area contributed by atoms with Crippen LogP contribution in [0.1, 0.15) is 16.4 Å². The molecule has 17 heavy (non-hydrogen) atoms. The van der Waals surface area contributed by atoms with Crippen LogP contribution in [-0.2, 0) is 3.79 Å². The first-order chi connectivity index (χ1) is 7.89. The van der Waals surface area contributed by atoms with Gasteiger partial charge in [0.25, 0.3) is 15.6 Å². The predicted octanol–water partition coefficient (Wildman–Crippen LogP) is 1.65. The number of aromatic nitrogens is 3. The molecule has 2 aromatic rings. The highest BCUT2D eigenvalue weighted by Crippen LogP contribution is 2.37. The molecular formula is C7H3Cl3N4O3. The molecule has 0 atom stereocenters. The molecule has 0 aliphatic heterocycles. The first kappa shape index (κ1) is 12.2. The number of carbonyl (C=O) groups excluding carboxylic acids is 1. The van der Waals surface area contributed by atoms with E-state index in [9.17, 15) is 4.79 Å². The largest absolute Gasteiger partial charge is 0.364 e. The fraction of sp³-hybridized carbons (Fsp3) is 0.143. The van der Waals surface area contributed by atoms with Gasteiger partial charge in [-0.3, -0.25) is 4.79 Å². The number of amides is 1. The lowest BCUT2D eigenvalue weighted by Crippen LogP contribution is -2.12. The Morgan fingerprint density at radius 3 is 2.59 bits per heavy atom. The van der Waals surface area contributed by atoms with Gasteiger partial charge in [0.05, 0.1) is 5.56 Å². The molecule has 0 bridgehead atoms. The molecule has 0 fully saturated rings. The van der Waals surface area contributed by atoms with Gasteiger partial charge in [-0.15, -0.1) is 0 Å². The van der Waals surface area contributed by atoms with Crippen molar-refractivity contribution in [2.45, 2.75) is 3.79 Å². The van der Waals surface area contributed by atoms with E-state index in [1.165, 1.54) is 0 Å². The van der Waals surface area contributed by atoms with Crippen molar-refractivity contribution in [3.8, 4) is 11.4 Å². The van der Waals surface area contributed by atoms with Gasteiger partial charge in [0, 0.05) is 0 Å². The van der Waals surface area contributed by atoms with Crippen LogP contribution in [0.15, 0.2) is 15.3 Å². The molecule has 0 radical (unpaired) electrons. The van der Waals surface area contributed by atoms with Gasteiger partial charge in [-0.25, -0.2) is 0 Å². The molecule has 0 aliphatic rings. The number of nitrogens with zero attached hydrogens (tertiary/aromatic N) is 3. The maximum Gasteiger partial charge on any atom is 0.279 e. The van der Waals surface area contributed by atoms with Gasteiger partial charge < -0.3 is 14.8 Å². The first-order valence-electron chi connectivity index (χ1n) is 4.05. The number of carbonyl (C=O) groups is 1. The number of nitrogens with two attached hydrogens (primary N) is 1. The van der Waals surface area contributed by atoms with E-state index in [1.54, 1.807) is 0 Å². The molecule has 1 amide bonds. The normalized spacial score (nSPS) is 11.7. The van der Waals surface area contributed by atoms with Crippen LogP contribution in [0.2, 0.25) is 0 Å². The van der Waals surface area contributed by atoms with E-state index in [0.717, 1.165) is 6.26 Å². The van der Waals surface area contributed by atoms with Crippen molar-refractivity contribution in [2.24, 2.45) is 5.73 Å². The minimum absolute atomic E-state index is 0.0126. The summed E-state index contributed by atoms with van der Waals surface area (Å²) in [4.78, 5) is 14.8. The van der Waals surface area contributed by atoms with Crippen molar-refractivity contribution in [3.63, 3.8) is 0 Å². The molecule has 0 aromatic carbocycles. The molecule has 2 N–H and O–H groups in total. The van der Waals surface area contributed by atoms with Crippen molar-refractivity contribution >= 4 is 40.7 Å². The van der Waals surface area contributed by atoms with Gasteiger partial charge in [0.15, 0.2) is 5.69 Å². The van der Waals surface area contributed by atoms with Gasteiger partial charge in [0.1, 0.15) is 6.26 Å². The third kappa shape index (κ3) is 2.36. The van der Waals surface area contributed by atoms with Crippen LogP contribution in [-0.4, -0.2) is 21.2 Å². The zero-order valence-corrected chi connectivity index (χ0v) is 10.1. The average Bonchev–Trinajstić information content (AvgIpc) is 2.85. The molecule has 0 aliphatic carbocycles. The summed E-state index contributed by atoms with van der Waals surface area (Å²) in [5.41, 5.74) is 5.08. The monoisotopic (exact) mass is 296 g/mol. The summed E-state index contributed by atoms with van der Waals surface area (Å²) in [7, 11) is 0. The van der Waals surface area contributed by atoms with Crippen LogP contribution < -0.4 is 5.73 Å². The number of primary amides is 1. The van der Waals surface area contributed by atoms with Crippen molar-refractivity contribution < 1.29 is 13.8 Å². The number of rotatable bonds is 2. The van der Waals surface area contributed by atoms with Crippen molar-refractivity contribution in [2.75, 3.05) is 0 Å². The van der Waals surface area contributed by atoms with Crippen molar-refractivity contribution in [3.05, 3.63) is 17.8 Å². The number of hydrogen-bond acceptors (Lipinski definition) is 6. The molecule has 0 unspecified atom stereocenters. The Bertz CT molecular complexity index is 559. The minimum Gasteiger partial charge on any atom is -0.364 e. The first-order valence-corrected chi connectivity index (χ1v) is 5.18. The van der Waals surface area contributed by atoms with Crippen molar-refractivity contribution in [1.29, 1.82) is 0 Å². The fourth-order valence-electron chi connectivity index (χ4n) is 1.02. The van der Waals surface area contributed by atoms with Gasteiger partial charge in [-0.2, -0.15) is 4.98 Å². The molecular weight excluding hydrogens is 294 g/mol. The Hall–Kier alpha value is -1.31. The smallest absolute Gasteiger partial charge is 0.279 e. The average molecular weight is 297 g/mol. The van der Waals surface area contributed by atoms with E-state index in [4.69, 9.17) is 45.1 Å². The van der Waals surface area contributed by atoms with E-state index in [1.807, 2.05) is 0 Å². The number of halogens is 3. The predicted molar refractivity (Wildman–Crippen MR) is 57.5 cm³/mol. The number of alkyl halides is 3. The Kier molecular flexibility index (Phi) is 2.98. The maximum atomic E-state index is 11.0. The summed E-state index contributed by atoms with van der Waals surface area (Å²) < 4.78 is 7.44. The fourth-order valence-corrected chi connectivity index (χ4v) is 1.25. The van der Waals surface area contributed by atoms with E-state index in [2.05, 4.69) is 19.8 Å². The molecule has 0 saturated heterocycles. The standard InChI is InChI=1S/C7H3Cl3N4O3/c8-7(9,10)6-12-5(14-17-6)2-1-16-13-3(2)4(11)15/h1H,(H2,11,15). The van der Waals surface area contributed by atoms with E-state index < -0.39 is 9.70 Å². The van der Waals surface area contributed by atoms with Gasteiger partial charge in [0.2, 0.25) is 5.82 Å². The Morgan fingerprint density at radius 1 is 1.35 bits per heavy atom. The summed E-state index contributed by atoms with van der Waals surface area (Å²) in [6.45, 7) is 0. The molecule has 10 heteroatoms. The summed E-state index contributed by atoms with van der Waals surface area (Å²) in [6.07, 6.45) is 1.13. The van der Waals surface area contributed by atoms with Gasteiger partial charge >= 0.3 is 0 Å². The second-order valence-electron chi connectivity index (χ2n) is 2.86. The molecule has 0 saturated carbocycles. The van der Waals surface area contributed by atoms with Crippen LogP contribution in [0.3, 0.4) is 0 Å². The van der Waals surface area contributed by atoms with Crippen LogP contribution in [0.4, 0.5) is 0 Å². The molecule has 0 spiro atoms. The van der Waals surface area contributed by atoms with Crippen LogP contribution in [0.25, 0.3) is 11.4 Å². The second-order valence-corrected chi connectivity index (χ2v) is 5.14. The van der Waals surface area contributed by atoms with Crippen LogP contribution in [0.5, 0.6) is 0 Å². The highest BCUT2D eigenvalue weighted by atomic mass is 35.6. The summed E-state index contributed by atoms with van der Waals surface area (Å²) in [6, 6.07) is 0. The lowest BCUT2D eigenvalue weighted by atomic mass is 10.2. The Labute approximate surface area is 109 Å². The maximum absolute atomic E-state index is 11.0. The number of hydrogen-bond donors (Lipinski definition) is 1. The van der Waals surface area contributed by atoms with Crippen molar-refractivity contribution in [1.82, 2.24) is 15.3 Å². The third-order valence-corrected chi connectivity index (χ3v) is 2.20. The zero-order valence-electron chi connectivity index (χ0n) is 7.85. The lowest BCUT2D eigenvalue weighted by molar-refractivity contribution is 0.0992. The van der Waals surface area contributed by atoms with Gasteiger partial charge in [-0.1, -0.05) is 45.1 Å². The third-order valence-electron chi connectivity index (χ3n) is 1.71. The summed E-state index contributed by atoms with van der Waals surface area (Å²) >= 11 is 16.6. The lowest BCUT2D eigenvalue weighted by Gasteiger charge is -2.01. The molecule has 2 heterocycles. The van der Waals surface area contributed by atoms with Gasteiger partial charge in [-0.05, 0) is 0 Å². The minimum atomic E-state index is -1.85. The summed E-state index contributed by atoms with van der Waals surface area (Å²) in [5.74, 6) is -1.05. The SMILES string of the molecule is NC(=O)c1nocc1-c1noc(C(Cl)(Cl)Cl)n1. The highest BCUT2D eigenvalue weighted by molar-refractivity contribution is 6.66. The van der Waals surface area contributed by atoms with E-state index in [-0.39, 0.29) is 23.0 Å². The molecule has 90 valence electrons. The topological polar surface area (TPSA) is 108 Å². The Morgan fingerprint density at radius 2 is 2.06 bits per heavy atom. The highest BCUT2D eigenvalue weighted by Gasteiger charge is 2.32. The molecule has 2 rings (SSSR count). The van der Waals surface area contributed by atoms with E-state index in [0.29, 0.717) is 0 Å². The van der Waals surface area contributed by atoms with Crippen LogP contribution in [0, 0.1) is 0 Å². The summed E-state index contributed by atoms with van der Waals surface area (Å²) in [5, 5.41) is 6.91. The van der Waals surface area contributed by atoms with Crippen LogP contribution >= 0.6 is 34.8 Å². The van der Waals surface area contributed by atoms with E-state index >= 15 is 0 Å². The Balaban J connectivity index is 2.44. The quantitative estimate of drug-likeness (QED) is 0.844. The molecule has 7 nitrogen and oxygen atoms in total. The zero-order chi connectivity index (χ0) is 12.6. The second kappa shape index (κ2) is 4.17.